The minimum atomic E-state index is -0.111. The number of hydrogen-bond donors (Lipinski definition) is 2. The van der Waals surface area contributed by atoms with E-state index in [1.807, 2.05) is 24.3 Å². The molecule has 0 unspecified atom stereocenters. The van der Waals surface area contributed by atoms with Crippen LogP contribution in [-0.4, -0.2) is 12.5 Å². The van der Waals surface area contributed by atoms with Gasteiger partial charge < -0.3 is 11.1 Å². The third-order valence-electron chi connectivity index (χ3n) is 3.98. The highest BCUT2D eigenvalue weighted by atomic mass is 16.1. The van der Waals surface area contributed by atoms with Gasteiger partial charge in [0, 0.05) is 24.1 Å². The zero-order valence-corrected chi connectivity index (χ0v) is 13.5. The third kappa shape index (κ3) is 3.95. The van der Waals surface area contributed by atoms with E-state index in [0.29, 0.717) is 18.7 Å². The van der Waals surface area contributed by atoms with Gasteiger partial charge in [0.25, 0.3) is 5.91 Å². The lowest BCUT2D eigenvalue weighted by atomic mass is 9.84. The number of nitrogens with one attached hydrogen (secondary N) is 1. The molecule has 2 rings (SSSR count). The summed E-state index contributed by atoms with van der Waals surface area (Å²) in [6.45, 7) is 7.42. The fourth-order valence-corrected chi connectivity index (χ4v) is 2.30. The van der Waals surface area contributed by atoms with Gasteiger partial charge in [-0.1, -0.05) is 55.8 Å². The maximum atomic E-state index is 12.2. The fraction of sp³-hybridized carbons (Fsp3) is 0.316. The van der Waals surface area contributed by atoms with Crippen LogP contribution in [0.15, 0.2) is 48.5 Å². The summed E-state index contributed by atoms with van der Waals surface area (Å²) in [4.78, 5) is 12.2. The number of amides is 1. The Morgan fingerprint density at radius 2 is 1.64 bits per heavy atom. The average Bonchev–Trinajstić information content (AvgIpc) is 2.53. The Morgan fingerprint density at radius 1 is 1.05 bits per heavy atom. The lowest BCUT2D eigenvalue weighted by Crippen LogP contribution is -2.36. The minimum Gasteiger partial charge on any atom is -0.351 e. The Balaban J connectivity index is 2.01. The van der Waals surface area contributed by atoms with E-state index in [4.69, 9.17) is 5.73 Å². The Hall–Kier alpha value is -2.13. The van der Waals surface area contributed by atoms with Crippen LogP contribution in [0.25, 0.3) is 0 Å². The summed E-state index contributed by atoms with van der Waals surface area (Å²) in [7, 11) is 0. The van der Waals surface area contributed by atoms with Crippen LogP contribution >= 0.6 is 0 Å². The van der Waals surface area contributed by atoms with E-state index < -0.39 is 0 Å². The van der Waals surface area contributed by atoms with Crippen LogP contribution in [0.2, 0.25) is 0 Å². The highest BCUT2D eigenvalue weighted by Gasteiger charge is 2.21. The Kier molecular flexibility index (Phi) is 4.99. The quantitative estimate of drug-likeness (QED) is 0.890. The molecule has 116 valence electrons. The second kappa shape index (κ2) is 6.75. The van der Waals surface area contributed by atoms with Crippen LogP contribution in [0.4, 0.5) is 0 Å². The van der Waals surface area contributed by atoms with Crippen molar-refractivity contribution in [1.82, 2.24) is 5.32 Å². The minimum absolute atomic E-state index is 0.0521. The predicted octanol–water partition coefficient (Wildman–Crippen LogP) is 3.16. The van der Waals surface area contributed by atoms with E-state index in [0.717, 1.165) is 5.56 Å². The molecule has 0 fully saturated rings. The monoisotopic (exact) mass is 296 g/mol. The van der Waals surface area contributed by atoms with E-state index in [1.54, 1.807) is 0 Å². The molecule has 0 spiro atoms. The molecule has 3 N–H and O–H groups in total. The molecule has 2 aromatic carbocycles. The lowest BCUT2D eigenvalue weighted by Gasteiger charge is -2.26. The summed E-state index contributed by atoms with van der Waals surface area (Å²) in [6.07, 6.45) is 0. The molecule has 0 aliphatic carbocycles. The number of nitrogens with two attached hydrogens (primary N) is 1. The summed E-state index contributed by atoms with van der Waals surface area (Å²) < 4.78 is 0. The SMILES string of the molecule is Cc1ccc(C(C)(C)CNC(=O)c2ccc(CN)cc2)cc1. The lowest BCUT2D eigenvalue weighted by molar-refractivity contribution is 0.0945. The van der Waals surface area contributed by atoms with Crippen molar-refractivity contribution in [3.05, 3.63) is 70.8 Å². The van der Waals surface area contributed by atoms with E-state index in [2.05, 4.69) is 50.4 Å². The summed E-state index contributed by atoms with van der Waals surface area (Å²) in [5.74, 6) is -0.0521. The molecule has 2 aromatic rings. The molecule has 22 heavy (non-hydrogen) atoms. The Labute approximate surface area is 132 Å². The van der Waals surface area contributed by atoms with Crippen LogP contribution in [0.3, 0.4) is 0 Å². The molecule has 1 amide bonds. The predicted molar refractivity (Wildman–Crippen MR) is 90.9 cm³/mol. The molecular weight excluding hydrogens is 272 g/mol. The van der Waals surface area contributed by atoms with Crippen molar-refractivity contribution in [3.8, 4) is 0 Å². The fourth-order valence-electron chi connectivity index (χ4n) is 2.30. The van der Waals surface area contributed by atoms with Gasteiger partial charge in [-0.3, -0.25) is 4.79 Å². The number of aryl methyl sites for hydroxylation is 1. The van der Waals surface area contributed by atoms with Gasteiger partial charge in [-0.05, 0) is 30.2 Å². The number of rotatable bonds is 5. The first kappa shape index (κ1) is 16.2. The molecule has 3 heteroatoms. The molecule has 0 aromatic heterocycles. The van der Waals surface area contributed by atoms with E-state index >= 15 is 0 Å². The smallest absolute Gasteiger partial charge is 0.251 e. The molecule has 0 saturated heterocycles. The van der Waals surface area contributed by atoms with Crippen molar-refractivity contribution in [3.63, 3.8) is 0 Å². The number of benzene rings is 2. The van der Waals surface area contributed by atoms with E-state index in [9.17, 15) is 4.79 Å². The average molecular weight is 296 g/mol. The molecular formula is C19H24N2O. The second-order valence-corrected chi connectivity index (χ2v) is 6.33. The molecule has 0 radical (unpaired) electrons. The van der Waals surface area contributed by atoms with Gasteiger partial charge in [0.2, 0.25) is 0 Å². The number of hydrogen-bond acceptors (Lipinski definition) is 2. The first-order valence-corrected chi connectivity index (χ1v) is 7.57. The van der Waals surface area contributed by atoms with Gasteiger partial charge >= 0.3 is 0 Å². The van der Waals surface area contributed by atoms with Gasteiger partial charge in [0.15, 0.2) is 0 Å². The molecule has 0 heterocycles. The highest BCUT2D eigenvalue weighted by Crippen LogP contribution is 2.22. The van der Waals surface area contributed by atoms with Crippen molar-refractivity contribution in [2.75, 3.05) is 6.54 Å². The van der Waals surface area contributed by atoms with Crippen LogP contribution in [0.5, 0.6) is 0 Å². The molecule has 0 aliphatic heterocycles. The van der Waals surface area contributed by atoms with Crippen LogP contribution in [0, 0.1) is 6.92 Å². The molecule has 0 aliphatic rings. The maximum absolute atomic E-state index is 12.2. The van der Waals surface area contributed by atoms with E-state index in [-0.39, 0.29) is 11.3 Å². The first-order chi connectivity index (χ1) is 10.4. The zero-order valence-electron chi connectivity index (χ0n) is 13.5. The highest BCUT2D eigenvalue weighted by molar-refractivity contribution is 5.94. The van der Waals surface area contributed by atoms with Gasteiger partial charge in [-0.15, -0.1) is 0 Å². The first-order valence-electron chi connectivity index (χ1n) is 7.57. The maximum Gasteiger partial charge on any atom is 0.251 e. The van der Waals surface area contributed by atoms with Gasteiger partial charge in [0.05, 0.1) is 0 Å². The third-order valence-corrected chi connectivity index (χ3v) is 3.98. The van der Waals surface area contributed by atoms with Gasteiger partial charge in [-0.2, -0.15) is 0 Å². The Morgan fingerprint density at radius 3 is 2.18 bits per heavy atom. The van der Waals surface area contributed by atoms with Crippen LogP contribution < -0.4 is 11.1 Å². The number of carbonyl (C=O) groups is 1. The topological polar surface area (TPSA) is 55.1 Å². The zero-order chi connectivity index (χ0) is 16.2. The summed E-state index contributed by atoms with van der Waals surface area (Å²) in [5, 5.41) is 3.02. The van der Waals surface area contributed by atoms with Crippen molar-refractivity contribution >= 4 is 5.91 Å². The second-order valence-electron chi connectivity index (χ2n) is 6.33. The molecule has 0 atom stereocenters. The van der Waals surface area contributed by atoms with Crippen LogP contribution in [-0.2, 0) is 12.0 Å². The van der Waals surface area contributed by atoms with E-state index in [1.165, 1.54) is 11.1 Å². The van der Waals surface area contributed by atoms with Crippen molar-refractivity contribution in [1.29, 1.82) is 0 Å². The van der Waals surface area contributed by atoms with Gasteiger partial charge in [-0.25, -0.2) is 0 Å². The van der Waals surface area contributed by atoms with Crippen LogP contribution in [0.1, 0.15) is 40.9 Å². The molecule has 0 bridgehead atoms. The molecule has 3 nitrogen and oxygen atoms in total. The summed E-state index contributed by atoms with van der Waals surface area (Å²) >= 11 is 0. The van der Waals surface area contributed by atoms with Crippen molar-refractivity contribution < 1.29 is 4.79 Å². The van der Waals surface area contributed by atoms with Crippen molar-refractivity contribution in [2.24, 2.45) is 5.73 Å². The summed E-state index contributed by atoms with van der Waals surface area (Å²) in [6, 6.07) is 15.9. The largest absolute Gasteiger partial charge is 0.351 e. The normalized spacial score (nSPS) is 11.3. The standard InChI is InChI=1S/C19H24N2O/c1-14-4-10-17(11-5-14)19(2,3)13-21-18(22)16-8-6-15(12-20)7-9-16/h4-11H,12-13,20H2,1-3H3,(H,21,22). The van der Waals surface area contributed by atoms with Gasteiger partial charge in [0.1, 0.15) is 0 Å². The van der Waals surface area contributed by atoms with Crippen molar-refractivity contribution in [2.45, 2.75) is 32.7 Å². The molecule has 0 saturated carbocycles. The summed E-state index contributed by atoms with van der Waals surface area (Å²) in [5.41, 5.74) is 9.60. The number of carbonyl (C=O) groups excluding carboxylic acids is 1. The Bertz CT molecular complexity index is 627.